The van der Waals surface area contributed by atoms with Gasteiger partial charge in [-0.25, -0.2) is 0 Å². The van der Waals surface area contributed by atoms with Gasteiger partial charge in [0.05, 0.1) is 6.07 Å². The molecule has 0 spiro atoms. The smallest absolute Gasteiger partial charge is 0.154 e. The predicted molar refractivity (Wildman–Crippen MR) is 66.0 cm³/mol. The molecule has 1 rings (SSSR count). The summed E-state index contributed by atoms with van der Waals surface area (Å²) in [5.41, 5.74) is -0.132. The van der Waals surface area contributed by atoms with Gasteiger partial charge in [0.2, 0.25) is 0 Å². The maximum Gasteiger partial charge on any atom is 0.154 e. The zero-order valence-electron chi connectivity index (χ0n) is 11.2. The number of ether oxygens (including phenoxy) is 1. The molecule has 0 aliphatic heterocycles. The molecule has 0 radical (unpaired) electrons. The molecule has 0 saturated heterocycles. The van der Waals surface area contributed by atoms with Crippen LogP contribution < -0.4 is 0 Å². The van der Waals surface area contributed by atoms with E-state index in [4.69, 9.17) is 4.74 Å². The van der Waals surface area contributed by atoms with E-state index in [2.05, 4.69) is 26.8 Å². The van der Waals surface area contributed by atoms with Gasteiger partial charge in [-0.05, 0) is 50.4 Å². The van der Waals surface area contributed by atoms with Crippen LogP contribution in [0.1, 0.15) is 59.8 Å². The fraction of sp³-hybridized carbons (Fsp3) is 0.929. The van der Waals surface area contributed by atoms with E-state index < -0.39 is 5.60 Å². The molecule has 2 heteroatoms. The molecule has 0 heterocycles. The van der Waals surface area contributed by atoms with E-state index in [1.54, 1.807) is 0 Å². The van der Waals surface area contributed by atoms with Crippen molar-refractivity contribution in [2.45, 2.75) is 65.4 Å². The summed E-state index contributed by atoms with van der Waals surface area (Å²) in [7, 11) is 0. The first-order chi connectivity index (χ1) is 7.43. The Bertz CT molecular complexity index is 261. The Labute approximate surface area is 100.0 Å². The van der Waals surface area contributed by atoms with E-state index in [9.17, 15) is 5.26 Å². The van der Waals surface area contributed by atoms with Crippen LogP contribution in [0.5, 0.6) is 0 Å². The van der Waals surface area contributed by atoms with Crippen molar-refractivity contribution < 1.29 is 4.74 Å². The third-order valence-electron chi connectivity index (χ3n) is 3.88. The fourth-order valence-corrected chi connectivity index (χ4v) is 2.74. The first-order valence-electron chi connectivity index (χ1n) is 6.49. The van der Waals surface area contributed by atoms with Crippen LogP contribution in [0, 0.1) is 22.7 Å². The first-order valence-corrected chi connectivity index (χ1v) is 6.49. The molecular formula is C14H25NO. The second kappa shape index (κ2) is 5.19. The van der Waals surface area contributed by atoms with Crippen molar-refractivity contribution in [1.29, 1.82) is 5.26 Å². The zero-order valence-corrected chi connectivity index (χ0v) is 11.2. The van der Waals surface area contributed by atoms with Crippen molar-refractivity contribution in [3.63, 3.8) is 0 Å². The number of nitrogens with zero attached hydrogens (tertiary/aromatic N) is 1. The summed E-state index contributed by atoms with van der Waals surface area (Å²) in [6.07, 6.45) is 5.29. The highest BCUT2D eigenvalue weighted by Gasteiger charge is 2.36. The lowest BCUT2D eigenvalue weighted by molar-refractivity contribution is -0.00729. The Kier molecular flexibility index (Phi) is 4.38. The Morgan fingerprint density at radius 1 is 1.31 bits per heavy atom. The minimum Gasteiger partial charge on any atom is -0.360 e. The number of hydrogen-bond donors (Lipinski definition) is 0. The average Bonchev–Trinajstić information content (AvgIpc) is 2.41. The third kappa shape index (κ3) is 3.22. The van der Waals surface area contributed by atoms with Crippen LogP contribution in [0.2, 0.25) is 0 Å². The van der Waals surface area contributed by atoms with E-state index in [0.29, 0.717) is 12.0 Å². The van der Waals surface area contributed by atoms with Gasteiger partial charge in [-0.15, -0.1) is 0 Å². The summed E-state index contributed by atoms with van der Waals surface area (Å²) in [4.78, 5) is 0. The second-order valence-corrected chi connectivity index (χ2v) is 6.03. The fourth-order valence-electron chi connectivity index (χ4n) is 2.74. The highest BCUT2D eigenvalue weighted by atomic mass is 16.5. The van der Waals surface area contributed by atoms with E-state index in [1.807, 2.05) is 6.92 Å². The molecule has 0 N–H and O–H groups in total. The molecule has 2 unspecified atom stereocenters. The van der Waals surface area contributed by atoms with Gasteiger partial charge in [0.1, 0.15) is 0 Å². The molecule has 16 heavy (non-hydrogen) atoms. The van der Waals surface area contributed by atoms with Gasteiger partial charge in [-0.1, -0.05) is 20.8 Å². The molecule has 1 saturated carbocycles. The zero-order chi connectivity index (χ0) is 12.2. The van der Waals surface area contributed by atoms with Gasteiger partial charge in [0.15, 0.2) is 5.60 Å². The molecule has 0 aromatic rings. The Balaban J connectivity index is 2.68. The summed E-state index contributed by atoms with van der Waals surface area (Å²) in [5.74, 6) is 0.725. The highest BCUT2D eigenvalue weighted by molar-refractivity contribution is 5.03. The first kappa shape index (κ1) is 13.5. The molecule has 1 aliphatic rings. The molecule has 0 bridgehead atoms. The van der Waals surface area contributed by atoms with E-state index >= 15 is 0 Å². The molecule has 2 atom stereocenters. The van der Waals surface area contributed by atoms with E-state index in [-0.39, 0.29) is 0 Å². The number of rotatable bonds is 2. The molecule has 0 amide bonds. The van der Waals surface area contributed by atoms with Gasteiger partial charge in [-0.2, -0.15) is 5.26 Å². The van der Waals surface area contributed by atoms with E-state index in [0.717, 1.165) is 31.6 Å². The Hall–Kier alpha value is -0.550. The summed E-state index contributed by atoms with van der Waals surface area (Å²) in [5, 5.41) is 9.31. The van der Waals surface area contributed by atoms with Gasteiger partial charge in [0.25, 0.3) is 0 Å². The predicted octanol–water partition coefficient (Wildman–Crippen LogP) is 3.91. The summed E-state index contributed by atoms with van der Waals surface area (Å²) in [6, 6.07) is 2.41. The van der Waals surface area contributed by atoms with Crippen molar-refractivity contribution in [3.8, 4) is 6.07 Å². The highest BCUT2D eigenvalue weighted by Crippen LogP contribution is 2.40. The maximum atomic E-state index is 9.31. The minimum atomic E-state index is -0.491. The topological polar surface area (TPSA) is 33.0 Å². The van der Waals surface area contributed by atoms with E-state index in [1.165, 1.54) is 6.42 Å². The second-order valence-electron chi connectivity index (χ2n) is 6.03. The van der Waals surface area contributed by atoms with Crippen molar-refractivity contribution >= 4 is 0 Å². The van der Waals surface area contributed by atoms with Crippen LogP contribution >= 0.6 is 0 Å². The third-order valence-corrected chi connectivity index (χ3v) is 3.88. The SMILES string of the molecule is CCOC1(C#N)CCCC(C(C)(C)C)CC1. The molecule has 92 valence electrons. The monoisotopic (exact) mass is 223 g/mol. The van der Waals surface area contributed by atoms with Gasteiger partial charge in [-0.3, -0.25) is 0 Å². The quantitative estimate of drug-likeness (QED) is 0.665. The largest absolute Gasteiger partial charge is 0.360 e. The normalized spacial score (nSPS) is 31.8. The summed E-state index contributed by atoms with van der Waals surface area (Å²) in [6.45, 7) is 9.53. The van der Waals surface area contributed by atoms with Gasteiger partial charge < -0.3 is 4.74 Å². The summed E-state index contributed by atoms with van der Waals surface area (Å²) < 4.78 is 5.70. The maximum absolute atomic E-state index is 9.31. The van der Waals surface area contributed by atoms with Crippen LogP contribution in [0.15, 0.2) is 0 Å². The molecular weight excluding hydrogens is 198 g/mol. The van der Waals surface area contributed by atoms with Crippen LogP contribution in [-0.2, 0) is 4.74 Å². The molecule has 1 fully saturated rings. The number of nitriles is 1. The van der Waals surface area contributed by atoms with Crippen molar-refractivity contribution in [1.82, 2.24) is 0 Å². The molecule has 0 aromatic carbocycles. The summed E-state index contributed by atoms with van der Waals surface area (Å²) >= 11 is 0. The lowest BCUT2D eigenvalue weighted by atomic mass is 9.76. The van der Waals surface area contributed by atoms with Gasteiger partial charge >= 0.3 is 0 Å². The lowest BCUT2D eigenvalue weighted by Crippen LogP contribution is -2.30. The minimum absolute atomic E-state index is 0.359. The van der Waals surface area contributed by atoms with Crippen molar-refractivity contribution in [2.75, 3.05) is 6.61 Å². The Morgan fingerprint density at radius 2 is 2.00 bits per heavy atom. The lowest BCUT2D eigenvalue weighted by Gasteiger charge is -2.30. The Morgan fingerprint density at radius 3 is 2.50 bits per heavy atom. The standard InChI is InChI=1S/C14H25NO/c1-5-16-14(11-15)9-6-7-12(8-10-14)13(2,3)4/h12H,5-10H2,1-4H3. The van der Waals surface area contributed by atoms with Crippen LogP contribution in [0.3, 0.4) is 0 Å². The van der Waals surface area contributed by atoms with Crippen LogP contribution in [0.4, 0.5) is 0 Å². The van der Waals surface area contributed by atoms with Crippen LogP contribution in [-0.4, -0.2) is 12.2 Å². The van der Waals surface area contributed by atoms with Crippen LogP contribution in [0.25, 0.3) is 0 Å². The average molecular weight is 223 g/mol. The van der Waals surface area contributed by atoms with Gasteiger partial charge in [0, 0.05) is 6.61 Å². The number of hydrogen-bond acceptors (Lipinski definition) is 2. The molecule has 2 nitrogen and oxygen atoms in total. The van der Waals surface area contributed by atoms with Crippen molar-refractivity contribution in [3.05, 3.63) is 0 Å². The molecule has 1 aliphatic carbocycles. The molecule has 0 aromatic heterocycles. The van der Waals surface area contributed by atoms with Crippen molar-refractivity contribution in [2.24, 2.45) is 11.3 Å².